The number of nitrogens with one attached hydrogen (secondary N) is 1. The van der Waals surface area contributed by atoms with Gasteiger partial charge >= 0.3 is 5.97 Å². The van der Waals surface area contributed by atoms with Crippen molar-refractivity contribution in [1.29, 1.82) is 0 Å². The molecule has 29 heavy (non-hydrogen) atoms. The van der Waals surface area contributed by atoms with Crippen molar-refractivity contribution < 1.29 is 28.6 Å². The molecule has 1 saturated heterocycles. The van der Waals surface area contributed by atoms with Gasteiger partial charge in [-0.15, -0.1) is 0 Å². The predicted octanol–water partition coefficient (Wildman–Crippen LogP) is 2.58. The standard InChI is InChI=1S/C21H20N2O6/c1-2-27-21(26)13-4-3-5-15(8-13)22-20(25)14-9-19(24)23(11-14)16-6-7-17-18(10-16)29-12-28-17/h3-8,10,14H,2,9,11-12H2,1H3,(H,22,25). The normalized spacial score (nSPS) is 17.3. The number of hydrogen-bond acceptors (Lipinski definition) is 6. The number of carbonyl (C=O) groups is 3. The molecule has 2 aliphatic rings. The lowest BCUT2D eigenvalue weighted by Crippen LogP contribution is -2.28. The Labute approximate surface area is 167 Å². The van der Waals surface area contributed by atoms with Gasteiger partial charge in [-0.25, -0.2) is 4.79 Å². The van der Waals surface area contributed by atoms with Crippen molar-refractivity contribution in [3.05, 3.63) is 48.0 Å². The summed E-state index contributed by atoms with van der Waals surface area (Å²) in [6, 6.07) is 11.8. The summed E-state index contributed by atoms with van der Waals surface area (Å²) in [4.78, 5) is 38.6. The van der Waals surface area contributed by atoms with Gasteiger partial charge in [0.2, 0.25) is 18.6 Å². The van der Waals surface area contributed by atoms with Gasteiger partial charge in [0.1, 0.15) is 0 Å². The maximum Gasteiger partial charge on any atom is 0.338 e. The summed E-state index contributed by atoms with van der Waals surface area (Å²) in [6.45, 7) is 2.42. The maximum atomic E-state index is 12.7. The zero-order valence-electron chi connectivity index (χ0n) is 15.8. The van der Waals surface area contributed by atoms with E-state index in [0.717, 1.165) is 0 Å². The fourth-order valence-corrected chi connectivity index (χ4v) is 3.37. The molecular weight excluding hydrogens is 376 g/mol. The molecule has 0 bridgehead atoms. The summed E-state index contributed by atoms with van der Waals surface area (Å²) >= 11 is 0. The van der Waals surface area contributed by atoms with Gasteiger partial charge < -0.3 is 24.4 Å². The molecule has 150 valence electrons. The molecular formula is C21H20N2O6. The van der Waals surface area contributed by atoms with E-state index in [0.29, 0.717) is 28.4 Å². The first-order valence-electron chi connectivity index (χ1n) is 9.33. The van der Waals surface area contributed by atoms with Crippen LogP contribution in [-0.2, 0) is 14.3 Å². The van der Waals surface area contributed by atoms with E-state index in [-0.39, 0.29) is 38.2 Å². The van der Waals surface area contributed by atoms with Crippen LogP contribution < -0.4 is 19.7 Å². The highest BCUT2D eigenvalue weighted by atomic mass is 16.7. The third-order valence-corrected chi connectivity index (χ3v) is 4.80. The molecule has 8 heteroatoms. The van der Waals surface area contributed by atoms with Gasteiger partial charge in [-0.1, -0.05) is 6.07 Å². The maximum absolute atomic E-state index is 12.7. The Balaban J connectivity index is 1.43. The Morgan fingerprint density at radius 3 is 2.83 bits per heavy atom. The Morgan fingerprint density at radius 2 is 2.00 bits per heavy atom. The molecule has 0 aromatic heterocycles. The number of benzene rings is 2. The first-order chi connectivity index (χ1) is 14.0. The van der Waals surface area contributed by atoms with Gasteiger partial charge in [-0.2, -0.15) is 0 Å². The third kappa shape index (κ3) is 3.87. The zero-order chi connectivity index (χ0) is 20.4. The number of ether oxygens (including phenoxy) is 3. The number of esters is 1. The van der Waals surface area contributed by atoms with Crippen LogP contribution >= 0.6 is 0 Å². The lowest BCUT2D eigenvalue weighted by Gasteiger charge is -2.17. The lowest BCUT2D eigenvalue weighted by atomic mass is 10.1. The van der Waals surface area contributed by atoms with Crippen LogP contribution in [0.15, 0.2) is 42.5 Å². The molecule has 0 spiro atoms. The molecule has 0 aliphatic carbocycles. The fourth-order valence-electron chi connectivity index (χ4n) is 3.37. The molecule has 8 nitrogen and oxygen atoms in total. The van der Waals surface area contributed by atoms with Crippen molar-refractivity contribution >= 4 is 29.2 Å². The molecule has 0 radical (unpaired) electrons. The number of hydrogen-bond donors (Lipinski definition) is 1. The van der Waals surface area contributed by atoms with Crippen LogP contribution in [0.3, 0.4) is 0 Å². The predicted molar refractivity (Wildman–Crippen MR) is 104 cm³/mol. The van der Waals surface area contributed by atoms with Crippen LogP contribution in [0.1, 0.15) is 23.7 Å². The summed E-state index contributed by atoms with van der Waals surface area (Å²) in [5.41, 5.74) is 1.50. The van der Waals surface area contributed by atoms with Crippen LogP contribution in [0.4, 0.5) is 11.4 Å². The third-order valence-electron chi connectivity index (χ3n) is 4.80. The summed E-state index contributed by atoms with van der Waals surface area (Å²) in [5.74, 6) is -0.144. The molecule has 2 heterocycles. The van der Waals surface area contributed by atoms with Crippen LogP contribution in [0.25, 0.3) is 0 Å². The van der Waals surface area contributed by atoms with Crippen molar-refractivity contribution in [2.45, 2.75) is 13.3 Å². The van der Waals surface area contributed by atoms with E-state index in [1.807, 2.05) is 0 Å². The SMILES string of the molecule is CCOC(=O)c1cccc(NC(=O)C2CC(=O)N(c3ccc4c(c3)OCO4)C2)c1. The smallest absolute Gasteiger partial charge is 0.338 e. The van der Waals surface area contributed by atoms with Crippen molar-refractivity contribution in [3.8, 4) is 11.5 Å². The summed E-state index contributed by atoms with van der Waals surface area (Å²) in [5, 5.41) is 2.79. The van der Waals surface area contributed by atoms with Crippen LogP contribution in [-0.4, -0.2) is 37.7 Å². The van der Waals surface area contributed by atoms with Crippen molar-refractivity contribution in [1.82, 2.24) is 0 Å². The largest absolute Gasteiger partial charge is 0.462 e. The van der Waals surface area contributed by atoms with E-state index in [2.05, 4.69) is 5.32 Å². The summed E-state index contributed by atoms with van der Waals surface area (Å²) < 4.78 is 15.6. The number of rotatable bonds is 5. The minimum absolute atomic E-state index is 0.109. The molecule has 0 saturated carbocycles. The van der Waals surface area contributed by atoms with Crippen LogP contribution in [0.5, 0.6) is 11.5 Å². The van der Waals surface area contributed by atoms with E-state index >= 15 is 0 Å². The summed E-state index contributed by atoms with van der Waals surface area (Å²) in [7, 11) is 0. The van der Waals surface area contributed by atoms with E-state index in [1.54, 1.807) is 54.3 Å². The molecule has 4 rings (SSSR count). The van der Waals surface area contributed by atoms with Crippen molar-refractivity contribution in [2.24, 2.45) is 5.92 Å². The average Bonchev–Trinajstić information content (AvgIpc) is 3.34. The molecule has 1 fully saturated rings. The number of amides is 2. The molecule has 2 aliphatic heterocycles. The second-order valence-electron chi connectivity index (χ2n) is 6.73. The summed E-state index contributed by atoms with van der Waals surface area (Å²) in [6.07, 6.45) is 0.109. The highest BCUT2D eigenvalue weighted by molar-refractivity contribution is 6.04. The van der Waals surface area contributed by atoms with Gasteiger partial charge in [0.05, 0.1) is 18.1 Å². The van der Waals surface area contributed by atoms with E-state index in [9.17, 15) is 14.4 Å². The van der Waals surface area contributed by atoms with Gasteiger partial charge in [0.25, 0.3) is 0 Å². The monoisotopic (exact) mass is 396 g/mol. The van der Waals surface area contributed by atoms with Crippen molar-refractivity contribution in [3.63, 3.8) is 0 Å². The minimum atomic E-state index is -0.501. The van der Waals surface area contributed by atoms with E-state index < -0.39 is 11.9 Å². The first-order valence-corrected chi connectivity index (χ1v) is 9.33. The number of carbonyl (C=O) groups excluding carboxylic acids is 3. The van der Waals surface area contributed by atoms with E-state index in [4.69, 9.17) is 14.2 Å². The Hall–Kier alpha value is -3.55. The quantitative estimate of drug-likeness (QED) is 0.781. The van der Waals surface area contributed by atoms with Gasteiger partial charge in [0, 0.05) is 30.4 Å². The number of nitrogens with zero attached hydrogens (tertiary/aromatic N) is 1. The Morgan fingerprint density at radius 1 is 1.17 bits per heavy atom. The molecule has 1 atom stereocenters. The lowest BCUT2D eigenvalue weighted by molar-refractivity contribution is -0.122. The highest BCUT2D eigenvalue weighted by Gasteiger charge is 2.35. The molecule has 1 unspecified atom stereocenters. The van der Waals surface area contributed by atoms with E-state index in [1.165, 1.54) is 0 Å². The molecule has 2 aromatic carbocycles. The Kier molecular flexibility index (Phi) is 5.07. The fraction of sp³-hybridized carbons (Fsp3) is 0.286. The van der Waals surface area contributed by atoms with Crippen molar-refractivity contribution in [2.75, 3.05) is 30.2 Å². The minimum Gasteiger partial charge on any atom is -0.462 e. The molecule has 2 aromatic rings. The van der Waals surface area contributed by atoms with Gasteiger partial charge in [-0.05, 0) is 37.3 Å². The van der Waals surface area contributed by atoms with Gasteiger partial charge in [-0.3, -0.25) is 9.59 Å². The Bertz CT molecular complexity index is 973. The second-order valence-corrected chi connectivity index (χ2v) is 6.73. The second kappa shape index (κ2) is 7.83. The van der Waals surface area contributed by atoms with Gasteiger partial charge in [0.15, 0.2) is 11.5 Å². The van der Waals surface area contributed by atoms with Crippen LogP contribution in [0, 0.1) is 5.92 Å². The highest BCUT2D eigenvalue weighted by Crippen LogP contribution is 2.37. The number of anilines is 2. The van der Waals surface area contributed by atoms with Crippen LogP contribution in [0.2, 0.25) is 0 Å². The molecule has 2 amide bonds. The zero-order valence-corrected chi connectivity index (χ0v) is 15.8. The average molecular weight is 396 g/mol. The molecule has 1 N–H and O–H groups in total. The number of fused-ring (bicyclic) bond motifs is 1. The topological polar surface area (TPSA) is 94.2 Å². The first kappa shape index (κ1) is 18.8.